The van der Waals surface area contributed by atoms with E-state index in [1.165, 1.54) is 12.2 Å². The third-order valence-electron chi connectivity index (χ3n) is 4.17. The van der Waals surface area contributed by atoms with Gasteiger partial charge in [0.15, 0.2) is 0 Å². The maximum atomic E-state index is 12.0. The number of hydroxylamine groups is 2. The van der Waals surface area contributed by atoms with Crippen LogP contribution in [0.1, 0.15) is 34.8 Å². The molecule has 0 N–H and O–H groups in total. The normalized spacial score (nSPS) is 15.0. The molecule has 7 heteroatoms. The topological polar surface area (TPSA) is 64.5 Å². The molecule has 0 unspecified atom stereocenters. The van der Waals surface area contributed by atoms with Gasteiger partial charge in [0.1, 0.15) is 11.4 Å². The first-order valence-electron chi connectivity index (χ1n) is 8.17. The number of thioether (sulfide) groups is 1. The fraction of sp³-hybridized carbons (Fsp3) is 0.389. The summed E-state index contributed by atoms with van der Waals surface area (Å²) in [5.74, 6) is 3.64. The van der Waals surface area contributed by atoms with Crippen LogP contribution in [-0.4, -0.2) is 46.6 Å². The minimum Gasteiger partial charge on any atom is -0.437 e. The first-order chi connectivity index (χ1) is 12.2. The van der Waals surface area contributed by atoms with Crippen molar-refractivity contribution < 1.29 is 14.4 Å². The molecule has 1 aromatic carbocycles. The van der Waals surface area contributed by atoms with Gasteiger partial charge in [-0.15, -0.1) is 0 Å². The maximum absolute atomic E-state index is 12.0. The smallest absolute Gasteiger partial charge is 0.277 e. The Labute approximate surface area is 151 Å². The van der Waals surface area contributed by atoms with Crippen molar-refractivity contribution in [2.24, 2.45) is 0 Å². The van der Waals surface area contributed by atoms with Crippen LogP contribution in [0, 0.1) is 0 Å². The highest BCUT2D eigenvalue weighted by molar-refractivity contribution is 7.99. The number of nitrogens with zero attached hydrogens (tertiary/aromatic N) is 3. The van der Waals surface area contributed by atoms with Crippen LogP contribution >= 0.6 is 11.8 Å². The van der Waals surface area contributed by atoms with Gasteiger partial charge < -0.3 is 4.74 Å². The standard InChI is InChI=1S/C18H21N3O3S/c1-21(23-2)18(22)14-3-5-15(6-4-14)24-17-16(19-9-10-20-17)13-7-11-25-12-8-13/h3-6,9-10,13H,7-8,11-12H2,1-2H3. The SMILES string of the molecule is CON(C)C(=O)c1ccc(Oc2nccnc2C2CCSCC2)cc1. The van der Waals surface area contributed by atoms with E-state index < -0.39 is 0 Å². The second-order valence-electron chi connectivity index (χ2n) is 5.75. The summed E-state index contributed by atoms with van der Waals surface area (Å²) in [5.41, 5.74) is 1.45. The summed E-state index contributed by atoms with van der Waals surface area (Å²) < 4.78 is 5.95. The number of amides is 1. The van der Waals surface area contributed by atoms with Gasteiger partial charge in [0.25, 0.3) is 5.91 Å². The van der Waals surface area contributed by atoms with Crippen LogP contribution in [0.25, 0.3) is 0 Å². The molecule has 1 amide bonds. The van der Waals surface area contributed by atoms with Crippen LogP contribution in [0.2, 0.25) is 0 Å². The van der Waals surface area contributed by atoms with Crippen molar-refractivity contribution in [3.8, 4) is 11.6 Å². The summed E-state index contributed by atoms with van der Waals surface area (Å²) in [4.78, 5) is 25.8. The lowest BCUT2D eigenvalue weighted by molar-refractivity contribution is -0.0757. The number of aromatic nitrogens is 2. The van der Waals surface area contributed by atoms with Crippen molar-refractivity contribution in [1.82, 2.24) is 15.0 Å². The third kappa shape index (κ3) is 4.29. The van der Waals surface area contributed by atoms with Crippen LogP contribution in [0.3, 0.4) is 0 Å². The number of hydrogen-bond acceptors (Lipinski definition) is 6. The monoisotopic (exact) mass is 359 g/mol. The van der Waals surface area contributed by atoms with Gasteiger partial charge in [0, 0.05) is 30.9 Å². The molecule has 0 atom stereocenters. The Bertz CT molecular complexity index is 718. The van der Waals surface area contributed by atoms with E-state index in [1.54, 1.807) is 43.7 Å². The van der Waals surface area contributed by atoms with Gasteiger partial charge >= 0.3 is 0 Å². The molecule has 132 valence electrons. The molecule has 0 bridgehead atoms. The fourth-order valence-corrected chi connectivity index (χ4v) is 3.81. The minimum absolute atomic E-state index is 0.214. The molecule has 1 aliphatic heterocycles. The fourth-order valence-electron chi connectivity index (χ4n) is 2.71. The van der Waals surface area contributed by atoms with Crippen LogP contribution in [0.5, 0.6) is 11.6 Å². The number of rotatable bonds is 5. The van der Waals surface area contributed by atoms with Crippen molar-refractivity contribution in [3.05, 3.63) is 47.9 Å². The van der Waals surface area contributed by atoms with E-state index in [9.17, 15) is 4.79 Å². The second-order valence-corrected chi connectivity index (χ2v) is 6.97. The molecule has 1 saturated heterocycles. The van der Waals surface area contributed by atoms with Crippen molar-refractivity contribution in [3.63, 3.8) is 0 Å². The van der Waals surface area contributed by atoms with Gasteiger partial charge in [-0.1, -0.05) is 0 Å². The molecule has 3 rings (SSSR count). The van der Waals surface area contributed by atoms with E-state index in [0.29, 0.717) is 23.1 Å². The van der Waals surface area contributed by atoms with Gasteiger partial charge in [-0.25, -0.2) is 10.0 Å². The highest BCUT2D eigenvalue weighted by atomic mass is 32.2. The predicted molar refractivity (Wildman–Crippen MR) is 97.0 cm³/mol. The van der Waals surface area contributed by atoms with Crippen molar-refractivity contribution in [2.45, 2.75) is 18.8 Å². The minimum atomic E-state index is -0.214. The molecule has 0 radical (unpaired) electrons. The Hall–Kier alpha value is -2.12. The number of hydrogen-bond donors (Lipinski definition) is 0. The van der Waals surface area contributed by atoms with Crippen LogP contribution < -0.4 is 4.74 Å². The molecule has 1 aliphatic rings. The van der Waals surface area contributed by atoms with Crippen LogP contribution in [0.15, 0.2) is 36.7 Å². The Morgan fingerprint density at radius 3 is 2.52 bits per heavy atom. The summed E-state index contributed by atoms with van der Waals surface area (Å²) in [6.45, 7) is 0. The summed E-state index contributed by atoms with van der Waals surface area (Å²) in [7, 11) is 3.02. The average molecular weight is 359 g/mol. The van der Waals surface area contributed by atoms with E-state index in [-0.39, 0.29) is 5.91 Å². The van der Waals surface area contributed by atoms with E-state index in [2.05, 4.69) is 9.97 Å². The van der Waals surface area contributed by atoms with Gasteiger partial charge in [-0.2, -0.15) is 11.8 Å². The zero-order valence-corrected chi connectivity index (χ0v) is 15.2. The van der Waals surface area contributed by atoms with Gasteiger partial charge in [-0.3, -0.25) is 14.6 Å². The number of carbonyl (C=O) groups excluding carboxylic acids is 1. The van der Waals surface area contributed by atoms with Crippen molar-refractivity contribution in [2.75, 3.05) is 25.7 Å². The molecule has 6 nitrogen and oxygen atoms in total. The number of carbonyl (C=O) groups is 1. The quantitative estimate of drug-likeness (QED) is 0.761. The Balaban J connectivity index is 1.75. The zero-order valence-electron chi connectivity index (χ0n) is 14.3. The molecule has 0 spiro atoms. The summed E-state index contributed by atoms with van der Waals surface area (Å²) in [6, 6.07) is 6.93. The molecule has 1 aromatic heterocycles. The summed E-state index contributed by atoms with van der Waals surface area (Å²) in [6.07, 6.45) is 5.54. The van der Waals surface area contributed by atoms with E-state index in [1.807, 2.05) is 11.8 Å². The Kier molecular flexibility index (Phi) is 5.88. The average Bonchev–Trinajstić information content (AvgIpc) is 2.68. The van der Waals surface area contributed by atoms with E-state index in [4.69, 9.17) is 9.57 Å². The molecule has 0 saturated carbocycles. The maximum Gasteiger partial charge on any atom is 0.277 e. The molecule has 1 fully saturated rings. The zero-order chi connectivity index (χ0) is 17.6. The van der Waals surface area contributed by atoms with Gasteiger partial charge in [0.2, 0.25) is 5.88 Å². The first kappa shape index (κ1) is 17.7. The van der Waals surface area contributed by atoms with Gasteiger partial charge in [-0.05, 0) is 48.6 Å². The second kappa shape index (κ2) is 8.31. The molecule has 2 heterocycles. The molecule has 25 heavy (non-hydrogen) atoms. The van der Waals surface area contributed by atoms with E-state index >= 15 is 0 Å². The largest absolute Gasteiger partial charge is 0.437 e. The molecule has 2 aromatic rings. The predicted octanol–water partition coefficient (Wildman–Crippen LogP) is 3.51. The summed E-state index contributed by atoms with van der Waals surface area (Å²) >= 11 is 1.98. The molecular formula is C18H21N3O3S. The van der Waals surface area contributed by atoms with Gasteiger partial charge in [0.05, 0.1) is 7.11 Å². The highest BCUT2D eigenvalue weighted by Gasteiger charge is 2.22. The lowest BCUT2D eigenvalue weighted by Crippen LogP contribution is -2.25. The lowest BCUT2D eigenvalue weighted by atomic mass is 9.99. The van der Waals surface area contributed by atoms with Crippen molar-refractivity contribution >= 4 is 17.7 Å². The molecule has 0 aliphatic carbocycles. The third-order valence-corrected chi connectivity index (χ3v) is 5.22. The van der Waals surface area contributed by atoms with E-state index in [0.717, 1.165) is 30.0 Å². The first-order valence-corrected chi connectivity index (χ1v) is 9.33. The highest BCUT2D eigenvalue weighted by Crippen LogP contribution is 2.35. The Morgan fingerprint density at radius 2 is 1.84 bits per heavy atom. The summed E-state index contributed by atoms with van der Waals surface area (Å²) in [5, 5.41) is 1.18. The van der Waals surface area contributed by atoms with Crippen LogP contribution in [0.4, 0.5) is 0 Å². The number of ether oxygens (including phenoxy) is 1. The number of benzene rings is 1. The molecular weight excluding hydrogens is 338 g/mol. The van der Waals surface area contributed by atoms with Crippen LogP contribution in [-0.2, 0) is 4.84 Å². The lowest BCUT2D eigenvalue weighted by Gasteiger charge is -2.22. The van der Waals surface area contributed by atoms with Crippen molar-refractivity contribution in [1.29, 1.82) is 0 Å². The Morgan fingerprint density at radius 1 is 1.16 bits per heavy atom.